The molecule has 0 saturated heterocycles. The summed E-state index contributed by atoms with van der Waals surface area (Å²) >= 11 is 0. The summed E-state index contributed by atoms with van der Waals surface area (Å²) in [6.07, 6.45) is 0. The highest BCUT2D eigenvalue weighted by Crippen LogP contribution is 2.28. The van der Waals surface area contributed by atoms with Crippen LogP contribution in [0.2, 0.25) is 0 Å². The van der Waals surface area contributed by atoms with Gasteiger partial charge in [-0.25, -0.2) is 0 Å². The van der Waals surface area contributed by atoms with Gasteiger partial charge in [-0.3, -0.25) is 10.1 Å². The minimum absolute atomic E-state index is 0.166. The average Bonchev–Trinajstić information content (AvgIpc) is 2.94. The Morgan fingerprint density at radius 2 is 1.92 bits per heavy atom. The molecule has 2 heterocycles. The van der Waals surface area contributed by atoms with E-state index in [0.29, 0.717) is 16.7 Å². The second-order valence-corrected chi connectivity index (χ2v) is 5.57. The molecule has 0 aliphatic rings. The van der Waals surface area contributed by atoms with Gasteiger partial charge < -0.3 is 9.30 Å². The Labute approximate surface area is 143 Å². The van der Waals surface area contributed by atoms with Crippen molar-refractivity contribution in [2.24, 2.45) is 7.05 Å². The van der Waals surface area contributed by atoms with E-state index >= 15 is 0 Å². The predicted molar refractivity (Wildman–Crippen MR) is 94.8 cm³/mol. The number of carbonyl (C=O) groups excluding carboxylic acids is 1. The number of nitrogens with zero attached hydrogens (tertiary/aromatic N) is 4. The van der Waals surface area contributed by atoms with Crippen LogP contribution in [0.4, 0.5) is 5.95 Å². The van der Waals surface area contributed by atoms with Gasteiger partial charge >= 0.3 is 0 Å². The second-order valence-electron chi connectivity index (χ2n) is 5.57. The van der Waals surface area contributed by atoms with E-state index in [1.807, 2.05) is 35.9 Å². The molecule has 0 radical (unpaired) electrons. The zero-order valence-electron chi connectivity index (χ0n) is 13.7. The maximum atomic E-state index is 12.2. The van der Waals surface area contributed by atoms with E-state index in [9.17, 15) is 4.79 Å². The number of methoxy groups -OCH3 is 1. The molecule has 0 spiro atoms. The zero-order valence-corrected chi connectivity index (χ0v) is 13.7. The van der Waals surface area contributed by atoms with Crippen LogP contribution < -0.4 is 10.1 Å². The third kappa shape index (κ3) is 2.55. The molecule has 1 amide bonds. The summed E-state index contributed by atoms with van der Waals surface area (Å²) in [6.45, 7) is 0. The van der Waals surface area contributed by atoms with Crippen LogP contribution in [0.25, 0.3) is 22.1 Å². The number of rotatable bonds is 3. The summed E-state index contributed by atoms with van der Waals surface area (Å²) in [5.74, 6) is 0.629. The molecule has 0 bridgehead atoms. The number of nitrogens with one attached hydrogen (secondary N) is 1. The summed E-state index contributed by atoms with van der Waals surface area (Å²) in [5.41, 5.74) is 2.80. The van der Waals surface area contributed by atoms with E-state index in [0.717, 1.165) is 16.7 Å². The number of benzene rings is 2. The Morgan fingerprint density at radius 3 is 2.68 bits per heavy atom. The SMILES string of the molecule is COc1ccc2c(c1)c1nnc(NC(=O)c3ccccc3)nc1n2C. The number of amides is 1. The Bertz CT molecular complexity index is 1090. The third-order valence-corrected chi connectivity index (χ3v) is 4.07. The monoisotopic (exact) mass is 333 g/mol. The zero-order chi connectivity index (χ0) is 17.4. The molecular formula is C18H15N5O2. The molecule has 0 fully saturated rings. The molecule has 0 unspecified atom stereocenters. The first kappa shape index (κ1) is 15.1. The van der Waals surface area contributed by atoms with Gasteiger partial charge in [0.1, 0.15) is 11.3 Å². The van der Waals surface area contributed by atoms with Crippen molar-refractivity contribution in [3.05, 3.63) is 54.1 Å². The Balaban J connectivity index is 1.76. The lowest BCUT2D eigenvalue weighted by Crippen LogP contribution is -2.14. The van der Waals surface area contributed by atoms with Crippen LogP contribution in [0.15, 0.2) is 48.5 Å². The molecule has 124 valence electrons. The van der Waals surface area contributed by atoms with Crippen LogP contribution >= 0.6 is 0 Å². The number of ether oxygens (including phenoxy) is 1. The minimum atomic E-state index is -0.276. The lowest BCUT2D eigenvalue weighted by atomic mass is 10.2. The number of aromatic nitrogens is 4. The maximum Gasteiger partial charge on any atom is 0.258 e. The molecular weight excluding hydrogens is 318 g/mol. The predicted octanol–water partition coefficient (Wildman–Crippen LogP) is 2.78. The van der Waals surface area contributed by atoms with Gasteiger partial charge in [-0.05, 0) is 30.3 Å². The number of anilines is 1. The summed E-state index contributed by atoms with van der Waals surface area (Å²) in [7, 11) is 3.52. The number of fused-ring (bicyclic) bond motifs is 3. The van der Waals surface area contributed by atoms with Gasteiger partial charge in [-0.1, -0.05) is 18.2 Å². The fourth-order valence-electron chi connectivity index (χ4n) is 2.78. The van der Waals surface area contributed by atoms with Gasteiger partial charge in [0.05, 0.1) is 12.6 Å². The highest BCUT2D eigenvalue weighted by atomic mass is 16.5. The highest BCUT2D eigenvalue weighted by Gasteiger charge is 2.15. The first-order valence-electron chi connectivity index (χ1n) is 7.70. The second kappa shape index (κ2) is 5.86. The summed E-state index contributed by atoms with van der Waals surface area (Å²) in [6, 6.07) is 14.6. The molecule has 7 heteroatoms. The molecule has 4 aromatic rings. The van der Waals surface area contributed by atoms with E-state index in [2.05, 4.69) is 20.5 Å². The number of carbonyl (C=O) groups is 1. The van der Waals surface area contributed by atoms with Crippen molar-refractivity contribution in [2.75, 3.05) is 12.4 Å². The molecule has 0 aliphatic carbocycles. The van der Waals surface area contributed by atoms with Crippen molar-refractivity contribution >= 4 is 33.9 Å². The lowest BCUT2D eigenvalue weighted by molar-refractivity contribution is 0.102. The van der Waals surface area contributed by atoms with Crippen molar-refractivity contribution < 1.29 is 9.53 Å². The molecule has 25 heavy (non-hydrogen) atoms. The third-order valence-electron chi connectivity index (χ3n) is 4.07. The largest absolute Gasteiger partial charge is 0.497 e. The Hall–Kier alpha value is -3.48. The van der Waals surface area contributed by atoms with Crippen molar-refractivity contribution in [2.45, 2.75) is 0 Å². The number of aryl methyl sites for hydroxylation is 1. The first-order valence-corrected chi connectivity index (χ1v) is 7.70. The van der Waals surface area contributed by atoms with Crippen LogP contribution in [-0.2, 0) is 7.05 Å². The van der Waals surface area contributed by atoms with E-state index in [1.165, 1.54) is 0 Å². The van der Waals surface area contributed by atoms with Gasteiger partial charge in [0.2, 0.25) is 0 Å². The number of hydrogen-bond donors (Lipinski definition) is 1. The molecule has 1 N–H and O–H groups in total. The van der Waals surface area contributed by atoms with E-state index in [1.54, 1.807) is 31.4 Å². The summed E-state index contributed by atoms with van der Waals surface area (Å²) in [4.78, 5) is 16.7. The molecule has 0 saturated carbocycles. The van der Waals surface area contributed by atoms with Gasteiger partial charge in [0.15, 0.2) is 5.65 Å². The molecule has 0 atom stereocenters. The first-order chi connectivity index (χ1) is 12.2. The van der Waals surface area contributed by atoms with Crippen LogP contribution in [-0.4, -0.2) is 32.8 Å². The standard InChI is InChI=1S/C18H15N5O2/c1-23-14-9-8-12(25-2)10-13(14)15-16(23)19-18(22-21-15)20-17(24)11-6-4-3-5-7-11/h3-10H,1-2H3,(H,19,20,22,24). The van der Waals surface area contributed by atoms with Crippen LogP contribution in [0.1, 0.15) is 10.4 Å². The van der Waals surface area contributed by atoms with Gasteiger partial charge in [0, 0.05) is 18.0 Å². The highest BCUT2D eigenvalue weighted by molar-refractivity contribution is 6.06. The van der Waals surface area contributed by atoms with Crippen LogP contribution in [0, 0.1) is 0 Å². The van der Waals surface area contributed by atoms with E-state index < -0.39 is 0 Å². The van der Waals surface area contributed by atoms with Crippen molar-refractivity contribution in [3.8, 4) is 5.75 Å². The van der Waals surface area contributed by atoms with Gasteiger partial charge in [-0.15, -0.1) is 10.2 Å². The van der Waals surface area contributed by atoms with Crippen molar-refractivity contribution in [1.29, 1.82) is 0 Å². The lowest BCUT2D eigenvalue weighted by Gasteiger charge is -2.03. The van der Waals surface area contributed by atoms with Crippen LogP contribution in [0.5, 0.6) is 5.75 Å². The van der Waals surface area contributed by atoms with Crippen molar-refractivity contribution in [3.63, 3.8) is 0 Å². The molecule has 4 rings (SSSR count). The molecule has 0 aliphatic heterocycles. The van der Waals surface area contributed by atoms with Crippen molar-refractivity contribution in [1.82, 2.24) is 19.7 Å². The fourth-order valence-corrected chi connectivity index (χ4v) is 2.78. The van der Waals surface area contributed by atoms with E-state index in [-0.39, 0.29) is 11.9 Å². The quantitative estimate of drug-likeness (QED) is 0.623. The number of hydrogen-bond acceptors (Lipinski definition) is 5. The Kier molecular flexibility index (Phi) is 3.53. The molecule has 7 nitrogen and oxygen atoms in total. The van der Waals surface area contributed by atoms with Crippen LogP contribution in [0.3, 0.4) is 0 Å². The van der Waals surface area contributed by atoms with Gasteiger partial charge in [-0.2, -0.15) is 4.98 Å². The fraction of sp³-hybridized carbons (Fsp3) is 0.111. The summed E-state index contributed by atoms with van der Waals surface area (Å²) < 4.78 is 7.18. The normalized spacial score (nSPS) is 11.0. The topological polar surface area (TPSA) is 81.9 Å². The smallest absolute Gasteiger partial charge is 0.258 e. The van der Waals surface area contributed by atoms with E-state index in [4.69, 9.17) is 4.74 Å². The molecule has 2 aromatic heterocycles. The Morgan fingerprint density at radius 1 is 1.12 bits per heavy atom. The maximum absolute atomic E-state index is 12.2. The minimum Gasteiger partial charge on any atom is -0.497 e. The molecule has 2 aromatic carbocycles. The summed E-state index contributed by atoms with van der Waals surface area (Å²) in [5, 5.41) is 11.9. The average molecular weight is 333 g/mol. The van der Waals surface area contributed by atoms with Gasteiger partial charge in [0.25, 0.3) is 11.9 Å².